The number of benzene rings is 2. The van der Waals surface area contributed by atoms with E-state index >= 15 is 0 Å². The summed E-state index contributed by atoms with van der Waals surface area (Å²) in [6.45, 7) is 2.76. The zero-order valence-corrected chi connectivity index (χ0v) is 21.3. The highest BCUT2D eigenvalue weighted by Gasteiger charge is 2.25. The number of unbranched alkanes of at least 4 members (excludes halogenated alkanes) is 3. The van der Waals surface area contributed by atoms with E-state index in [9.17, 15) is 28.0 Å². The first-order chi connectivity index (χ1) is 17.4. The highest BCUT2D eigenvalue weighted by Crippen LogP contribution is 2.34. The van der Waals surface area contributed by atoms with E-state index in [1.807, 2.05) is 13.0 Å². The lowest BCUT2D eigenvalue weighted by atomic mass is 9.96. The predicted octanol–water partition coefficient (Wildman–Crippen LogP) is 7.04. The fraction of sp³-hybridized carbons (Fsp3) is 0.464. The maximum atomic E-state index is 13.6. The van der Waals surface area contributed by atoms with Gasteiger partial charge in [0, 0.05) is 24.5 Å². The Hall–Kier alpha value is -3.34. The predicted molar refractivity (Wildman–Crippen MR) is 134 cm³/mol. The molecule has 0 unspecified atom stereocenters. The quantitative estimate of drug-likeness (QED) is 0.230. The van der Waals surface area contributed by atoms with E-state index in [2.05, 4.69) is 6.92 Å². The smallest absolute Gasteiger partial charge is 0.305 e. The molecule has 196 valence electrons. The molecule has 0 aliphatic carbocycles. The van der Waals surface area contributed by atoms with Crippen molar-refractivity contribution < 1.29 is 27.5 Å². The Bertz CT molecular complexity index is 1010. The molecular weight excluding hydrogens is 469 g/mol. The van der Waals surface area contributed by atoms with Gasteiger partial charge in [-0.3, -0.25) is 9.59 Å². The van der Waals surface area contributed by atoms with Gasteiger partial charge in [0.1, 0.15) is 26.1 Å². The Labute approximate surface area is 211 Å². The Balaban J connectivity index is 0.000000497. The second-order valence-corrected chi connectivity index (χ2v) is 8.12. The number of carbonyl (C=O) groups excluding carboxylic acids is 2. The summed E-state index contributed by atoms with van der Waals surface area (Å²) in [5.74, 6) is -0.500. The molecule has 0 radical (unpaired) electrons. The fourth-order valence-electron chi connectivity index (χ4n) is 3.66. The van der Waals surface area contributed by atoms with Gasteiger partial charge in [0.2, 0.25) is 5.91 Å². The summed E-state index contributed by atoms with van der Waals surface area (Å²) in [6.07, 6.45) is 5.15. The van der Waals surface area contributed by atoms with Crippen molar-refractivity contribution in [3.05, 3.63) is 64.2 Å². The first-order valence-electron chi connectivity index (χ1n) is 12.1. The molecule has 0 heterocycles. The maximum absolute atomic E-state index is 13.6. The first-order valence-corrected chi connectivity index (χ1v) is 12.1. The lowest BCUT2D eigenvalue weighted by Gasteiger charge is -2.27. The maximum Gasteiger partial charge on any atom is 0.305 e. The van der Waals surface area contributed by atoms with E-state index < -0.39 is 25.9 Å². The Kier molecular flexibility index (Phi) is 14.6. The molecular formula is C28H35F3N2O3. The van der Waals surface area contributed by atoms with Gasteiger partial charge < -0.3 is 9.64 Å². The van der Waals surface area contributed by atoms with Crippen LogP contribution in [0.1, 0.15) is 80.7 Å². The van der Waals surface area contributed by atoms with Crippen LogP contribution >= 0.6 is 0 Å². The van der Waals surface area contributed by atoms with Crippen LogP contribution in [-0.4, -0.2) is 18.5 Å². The van der Waals surface area contributed by atoms with Gasteiger partial charge >= 0.3 is 5.97 Å². The molecule has 0 spiro atoms. The molecule has 2 aromatic carbocycles. The molecule has 5 nitrogen and oxygen atoms in total. The monoisotopic (exact) mass is 504 g/mol. The summed E-state index contributed by atoms with van der Waals surface area (Å²) in [7, 11) is 0. The number of hydrogen-bond donors (Lipinski definition) is 0. The molecule has 0 saturated carbocycles. The average Bonchev–Trinajstić information content (AvgIpc) is 2.89. The van der Waals surface area contributed by atoms with Crippen LogP contribution in [0.4, 0.5) is 18.9 Å². The molecule has 0 aromatic heterocycles. The van der Waals surface area contributed by atoms with Crippen molar-refractivity contribution in [2.75, 3.05) is 11.5 Å². The van der Waals surface area contributed by atoms with Crippen LogP contribution in [0, 0.1) is 11.3 Å². The number of anilines is 1. The number of ether oxygens (including phenoxy) is 1. The van der Waals surface area contributed by atoms with Crippen LogP contribution in [-0.2, 0) is 40.9 Å². The van der Waals surface area contributed by atoms with E-state index in [0.717, 1.165) is 24.5 Å². The van der Waals surface area contributed by atoms with E-state index in [1.54, 1.807) is 30.3 Å². The summed E-state index contributed by atoms with van der Waals surface area (Å²) in [5, 5.41) is 9.44. The van der Waals surface area contributed by atoms with E-state index in [0.29, 0.717) is 13.0 Å². The molecule has 36 heavy (non-hydrogen) atoms. The number of amides is 1. The highest BCUT2D eigenvalue weighted by atomic mass is 19.1. The molecule has 0 bridgehead atoms. The Morgan fingerprint density at radius 1 is 0.972 bits per heavy atom. The number of nitriles is 1. The minimum Gasteiger partial charge on any atom is -0.466 e. The molecule has 2 rings (SSSR count). The molecule has 1 amide bonds. The second kappa shape index (κ2) is 17.1. The third-order valence-electron chi connectivity index (χ3n) is 5.49. The summed E-state index contributed by atoms with van der Waals surface area (Å²) in [4.78, 5) is 24.2. The van der Waals surface area contributed by atoms with Crippen molar-refractivity contribution in [3.8, 4) is 6.07 Å². The third kappa shape index (κ3) is 9.37. The van der Waals surface area contributed by atoms with Crippen LogP contribution in [0.25, 0.3) is 0 Å². The number of hydrogen-bond acceptors (Lipinski definition) is 4. The summed E-state index contributed by atoms with van der Waals surface area (Å²) in [5.41, 5.74) is 0.356. The lowest BCUT2D eigenvalue weighted by Crippen LogP contribution is -2.30. The fourth-order valence-corrected chi connectivity index (χ4v) is 3.66. The number of nitrogens with zero attached hydrogens (tertiary/aromatic N) is 2. The minimum atomic E-state index is -1.06. The second-order valence-electron chi connectivity index (χ2n) is 8.12. The normalized spacial score (nSPS) is 10.1. The van der Waals surface area contributed by atoms with Crippen LogP contribution in [0.15, 0.2) is 36.4 Å². The molecule has 0 aliphatic heterocycles. The van der Waals surface area contributed by atoms with Crippen molar-refractivity contribution in [1.82, 2.24) is 0 Å². The highest BCUT2D eigenvalue weighted by molar-refractivity contribution is 5.94. The van der Waals surface area contributed by atoms with Gasteiger partial charge in [0.15, 0.2) is 0 Å². The number of alkyl halides is 3. The van der Waals surface area contributed by atoms with Gasteiger partial charge in [0.05, 0.1) is 24.4 Å². The van der Waals surface area contributed by atoms with Crippen molar-refractivity contribution in [2.45, 2.75) is 79.4 Å². The standard InChI is InChI=1S/C19H17F3N2O.C9H18O2/c1-13(25)24(12-14-5-3-2-4-6-14)19-17(10-22)15(8-20)7-16(9-21)18(19)11-23;1-3-5-6-7-8-9(10)11-4-2/h2-7H,8-10,12H2,1H3;3-8H2,1-2H3. The van der Waals surface area contributed by atoms with Crippen molar-refractivity contribution in [2.24, 2.45) is 0 Å². The summed E-state index contributed by atoms with van der Waals surface area (Å²) < 4.78 is 45.1. The van der Waals surface area contributed by atoms with Crippen LogP contribution in [0.5, 0.6) is 0 Å². The Morgan fingerprint density at radius 2 is 1.64 bits per heavy atom. The van der Waals surface area contributed by atoms with Gasteiger partial charge in [0.25, 0.3) is 0 Å². The van der Waals surface area contributed by atoms with E-state index in [1.165, 1.54) is 24.7 Å². The molecule has 8 heteroatoms. The number of carbonyl (C=O) groups is 2. The van der Waals surface area contributed by atoms with Gasteiger partial charge in [-0.1, -0.05) is 56.5 Å². The van der Waals surface area contributed by atoms with Gasteiger partial charge in [-0.2, -0.15) is 5.26 Å². The minimum absolute atomic E-state index is 0.0517. The van der Waals surface area contributed by atoms with Gasteiger partial charge in [-0.25, -0.2) is 13.2 Å². The van der Waals surface area contributed by atoms with E-state index in [-0.39, 0.29) is 40.5 Å². The van der Waals surface area contributed by atoms with Gasteiger partial charge in [-0.15, -0.1) is 0 Å². The largest absolute Gasteiger partial charge is 0.466 e. The van der Waals surface area contributed by atoms with Crippen molar-refractivity contribution in [3.63, 3.8) is 0 Å². The molecule has 0 saturated heterocycles. The first kappa shape index (κ1) is 30.7. The van der Waals surface area contributed by atoms with Gasteiger partial charge in [-0.05, 0) is 30.5 Å². The van der Waals surface area contributed by atoms with Crippen molar-refractivity contribution in [1.29, 1.82) is 5.26 Å². The van der Waals surface area contributed by atoms with Crippen molar-refractivity contribution >= 4 is 17.6 Å². The molecule has 0 N–H and O–H groups in total. The third-order valence-corrected chi connectivity index (χ3v) is 5.49. The SMILES string of the molecule is CC(=O)N(Cc1ccccc1)c1c(C#N)c(CF)cc(CF)c1CF.CCCCCCC(=O)OCC. The molecule has 2 aromatic rings. The van der Waals surface area contributed by atoms with Crippen LogP contribution in [0.3, 0.4) is 0 Å². The molecule has 0 fully saturated rings. The topological polar surface area (TPSA) is 70.4 Å². The molecule has 0 aliphatic rings. The number of halogens is 3. The number of esters is 1. The zero-order valence-electron chi connectivity index (χ0n) is 21.3. The van der Waals surface area contributed by atoms with E-state index in [4.69, 9.17) is 4.74 Å². The number of rotatable bonds is 12. The van der Waals surface area contributed by atoms with Crippen LogP contribution < -0.4 is 4.90 Å². The average molecular weight is 505 g/mol. The summed E-state index contributed by atoms with van der Waals surface area (Å²) >= 11 is 0. The lowest BCUT2D eigenvalue weighted by molar-refractivity contribution is -0.143. The Morgan fingerprint density at radius 3 is 2.14 bits per heavy atom. The zero-order chi connectivity index (χ0) is 26.9. The van der Waals surface area contributed by atoms with Crippen LogP contribution in [0.2, 0.25) is 0 Å². The molecule has 0 atom stereocenters. The summed E-state index contributed by atoms with van der Waals surface area (Å²) in [6, 6.07) is 11.9.